The highest BCUT2D eigenvalue weighted by molar-refractivity contribution is 5.40. The molecule has 0 aliphatic carbocycles. The summed E-state index contributed by atoms with van der Waals surface area (Å²) in [5.74, 6) is 2.38. The fraction of sp³-hybridized carbons (Fsp3) is 0.667. The second-order valence-corrected chi connectivity index (χ2v) is 6.15. The van der Waals surface area contributed by atoms with E-state index in [0.29, 0.717) is 12.0 Å². The third kappa shape index (κ3) is 3.76. The van der Waals surface area contributed by atoms with Crippen LogP contribution in [0.1, 0.15) is 57.9 Å². The molecule has 1 aliphatic rings. The van der Waals surface area contributed by atoms with E-state index in [1.165, 1.54) is 31.2 Å². The van der Waals surface area contributed by atoms with E-state index in [1.807, 2.05) is 0 Å². The quantitative estimate of drug-likeness (QED) is 0.761. The second kappa shape index (κ2) is 7.68. The molecule has 0 bridgehead atoms. The van der Waals surface area contributed by atoms with Crippen molar-refractivity contribution in [2.24, 2.45) is 5.92 Å². The average Bonchev–Trinajstić information content (AvgIpc) is 2.87. The molecule has 1 aromatic carbocycles. The Balaban J connectivity index is 2.07. The van der Waals surface area contributed by atoms with Crippen LogP contribution >= 0.6 is 0 Å². The topological polar surface area (TPSA) is 21.3 Å². The van der Waals surface area contributed by atoms with Gasteiger partial charge in [0, 0.05) is 17.5 Å². The second-order valence-electron chi connectivity index (χ2n) is 6.15. The summed E-state index contributed by atoms with van der Waals surface area (Å²) in [4.78, 5) is 0. The van der Waals surface area contributed by atoms with Crippen molar-refractivity contribution in [2.75, 3.05) is 13.2 Å². The third-order valence-corrected chi connectivity index (χ3v) is 4.32. The van der Waals surface area contributed by atoms with Crippen molar-refractivity contribution in [1.82, 2.24) is 5.32 Å². The molecule has 2 rings (SSSR count). The van der Waals surface area contributed by atoms with Crippen molar-refractivity contribution in [3.05, 3.63) is 29.8 Å². The predicted octanol–water partition coefficient (Wildman–Crippen LogP) is 4.36. The van der Waals surface area contributed by atoms with Crippen molar-refractivity contribution in [3.63, 3.8) is 0 Å². The zero-order chi connectivity index (χ0) is 14.4. The van der Waals surface area contributed by atoms with Gasteiger partial charge in [0.25, 0.3) is 0 Å². The Kier molecular flexibility index (Phi) is 5.90. The number of hydrogen-bond acceptors (Lipinski definition) is 2. The van der Waals surface area contributed by atoms with Crippen LogP contribution in [0.3, 0.4) is 0 Å². The van der Waals surface area contributed by atoms with E-state index < -0.39 is 0 Å². The van der Waals surface area contributed by atoms with Crippen LogP contribution in [0.5, 0.6) is 5.75 Å². The Hall–Kier alpha value is -1.02. The lowest BCUT2D eigenvalue weighted by molar-refractivity contribution is 0.273. The Morgan fingerprint density at radius 1 is 1.25 bits per heavy atom. The van der Waals surface area contributed by atoms with Crippen molar-refractivity contribution in [3.8, 4) is 5.75 Å². The number of rotatable bonds is 8. The Bertz CT molecular complexity index is 404. The summed E-state index contributed by atoms with van der Waals surface area (Å²) >= 11 is 0. The zero-order valence-electron chi connectivity index (χ0n) is 13.2. The molecule has 0 fully saturated rings. The monoisotopic (exact) mass is 275 g/mol. The van der Waals surface area contributed by atoms with Crippen LogP contribution in [0.15, 0.2) is 24.3 Å². The lowest BCUT2D eigenvalue weighted by atomic mass is 9.86. The molecule has 3 unspecified atom stereocenters. The van der Waals surface area contributed by atoms with Gasteiger partial charge < -0.3 is 10.1 Å². The van der Waals surface area contributed by atoms with E-state index in [-0.39, 0.29) is 0 Å². The van der Waals surface area contributed by atoms with Gasteiger partial charge in [-0.2, -0.15) is 0 Å². The fourth-order valence-electron chi connectivity index (χ4n) is 3.28. The maximum Gasteiger partial charge on any atom is 0.122 e. The molecular formula is C18H29NO. The number of benzene rings is 1. The maximum absolute atomic E-state index is 5.87. The van der Waals surface area contributed by atoms with Crippen molar-refractivity contribution >= 4 is 0 Å². The Labute approximate surface area is 123 Å². The molecule has 1 aromatic rings. The number of para-hydroxylation sites is 1. The van der Waals surface area contributed by atoms with E-state index in [4.69, 9.17) is 4.74 Å². The summed E-state index contributed by atoms with van der Waals surface area (Å²) in [6, 6.07) is 9.07. The van der Waals surface area contributed by atoms with Gasteiger partial charge in [-0.3, -0.25) is 0 Å². The van der Waals surface area contributed by atoms with Crippen LogP contribution in [-0.4, -0.2) is 19.2 Å². The minimum Gasteiger partial charge on any atom is -0.493 e. The van der Waals surface area contributed by atoms with Crippen molar-refractivity contribution < 1.29 is 4.74 Å². The van der Waals surface area contributed by atoms with E-state index >= 15 is 0 Å². The minimum atomic E-state index is 0.511. The van der Waals surface area contributed by atoms with Crippen LogP contribution in [-0.2, 0) is 0 Å². The minimum absolute atomic E-state index is 0.511. The van der Waals surface area contributed by atoms with E-state index in [2.05, 4.69) is 50.4 Å². The number of hydrogen-bond donors (Lipinski definition) is 1. The number of ether oxygens (including phenoxy) is 1. The number of nitrogens with one attached hydrogen (secondary N) is 1. The SMILES string of the molecule is CCCNC(CC(C)CCC)C1COc2ccccc21. The summed E-state index contributed by atoms with van der Waals surface area (Å²) in [7, 11) is 0. The first-order valence-electron chi connectivity index (χ1n) is 8.21. The van der Waals surface area contributed by atoms with Gasteiger partial charge in [-0.15, -0.1) is 0 Å². The molecule has 0 radical (unpaired) electrons. The number of fused-ring (bicyclic) bond motifs is 1. The van der Waals surface area contributed by atoms with Crippen LogP contribution in [0.4, 0.5) is 0 Å². The summed E-state index contributed by atoms with van der Waals surface area (Å²) in [6.45, 7) is 8.82. The van der Waals surface area contributed by atoms with Crippen molar-refractivity contribution in [1.29, 1.82) is 0 Å². The molecule has 112 valence electrons. The normalized spacial score (nSPS) is 20.2. The molecule has 0 saturated carbocycles. The first-order chi connectivity index (χ1) is 9.76. The Morgan fingerprint density at radius 3 is 2.80 bits per heavy atom. The third-order valence-electron chi connectivity index (χ3n) is 4.32. The van der Waals surface area contributed by atoms with Crippen LogP contribution in [0, 0.1) is 5.92 Å². The molecule has 20 heavy (non-hydrogen) atoms. The average molecular weight is 275 g/mol. The molecule has 0 amide bonds. The molecule has 1 aliphatic heterocycles. The zero-order valence-corrected chi connectivity index (χ0v) is 13.2. The van der Waals surface area contributed by atoms with Gasteiger partial charge in [-0.05, 0) is 31.4 Å². The lowest BCUT2D eigenvalue weighted by Crippen LogP contribution is -2.37. The molecule has 1 heterocycles. The molecule has 2 nitrogen and oxygen atoms in total. The van der Waals surface area contributed by atoms with Crippen LogP contribution in [0.2, 0.25) is 0 Å². The van der Waals surface area contributed by atoms with Gasteiger partial charge >= 0.3 is 0 Å². The summed E-state index contributed by atoms with van der Waals surface area (Å²) in [5, 5.41) is 3.76. The highest BCUT2D eigenvalue weighted by Gasteiger charge is 2.31. The Morgan fingerprint density at radius 2 is 2.05 bits per heavy atom. The van der Waals surface area contributed by atoms with Crippen LogP contribution < -0.4 is 10.1 Å². The molecule has 0 spiro atoms. The first-order valence-corrected chi connectivity index (χ1v) is 8.21. The van der Waals surface area contributed by atoms with Gasteiger partial charge in [0.15, 0.2) is 0 Å². The molecule has 0 aromatic heterocycles. The summed E-state index contributed by atoms with van der Waals surface area (Å²) in [5.41, 5.74) is 1.39. The molecule has 1 N–H and O–H groups in total. The largest absolute Gasteiger partial charge is 0.493 e. The van der Waals surface area contributed by atoms with Gasteiger partial charge in [0.1, 0.15) is 5.75 Å². The van der Waals surface area contributed by atoms with E-state index in [1.54, 1.807) is 0 Å². The van der Waals surface area contributed by atoms with Crippen molar-refractivity contribution in [2.45, 2.75) is 58.4 Å². The fourth-order valence-corrected chi connectivity index (χ4v) is 3.28. The molecule has 0 saturated heterocycles. The van der Waals surface area contributed by atoms with Crippen LogP contribution in [0.25, 0.3) is 0 Å². The van der Waals surface area contributed by atoms with Gasteiger partial charge in [0.2, 0.25) is 0 Å². The smallest absolute Gasteiger partial charge is 0.122 e. The van der Waals surface area contributed by atoms with E-state index in [9.17, 15) is 0 Å². The van der Waals surface area contributed by atoms with Gasteiger partial charge in [0.05, 0.1) is 6.61 Å². The highest BCUT2D eigenvalue weighted by atomic mass is 16.5. The predicted molar refractivity (Wildman–Crippen MR) is 85.4 cm³/mol. The standard InChI is InChI=1S/C18H29NO/c1-4-8-14(3)12-17(19-11-5-2)16-13-20-18-10-7-6-9-15(16)18/h6-7,9-10,14,16-17,19H,4-5,8,11-13H2,1-3H3. The molecular weight excluding hydrogens is 246 g/mol. The summed E-state index contributed by atoms with van der Waals surface area (Å²) in [6.07, 6.45) is 5.03. The lowest BCUT2D eigenvalue weighted by Gasteiger charge is -2.27. The molecule has 3 atom stereocenters. The molecule has 2 heteroatoms. The van der Waals surface area contributed by atoms with Gasteiger partial charge in [-0.1, -0.05) is 51.8 Å². The van der Waals surface area contributed by atoms with E-state index in [0.717, 1.165) is 24.8 Å². The maximum atomic E-state index is 5.87. The first kappa shape index (κ1) is 15.4. The summed E-state index contributed by atoms with van der Waals surface area (Å²) < 4.78 is 5.87. The van der Waals surface area contributed by atoms with Gasteiger partial charge in [-0.25, -0.2) is 0 Å². The highest BCUT2D eigenvalue weighted by Crippen LogP contribution is 2.37.